The molecule has 0 aliphatic heterocycles. The molecular weight excluding hydrogens is 324 g/mol. The Balaban J connectivity index is 2.27. The number of aromatic hydroxyl groups is 1. The molecule has 4 heteroatoms. The van der Waals surface area contributed by atoms with Crippen LogP contribution in [0.1, 0.15) is 31.7 Å². The molecule has 1 aromatic carbocycles. The smallest absolute Gasteiger partial charge is 0.166 e. The Bertz CT molecular complexity index is 818. The summed E-state index contributed by atoms with van der Waals surface area (Å²) < 4.78 is 0. The molecule has 0 saturated heterocycles. The summed E-state index contributed by atoms with van der Waals surface area (Å²) in [5, 5.41) is 10.0. The summed E-state index contributed by atoms with van der Waals surface area (Å²) in [4.78, 5) is 25.6. The van der Waals surface area contributed by atoms with E-state index in [1.165, 1.54) is 12.1 Å². The fraction of sp³-hybridized carbons (Fsp3) is 0.300. The van der Waals surface area contributed by atoms with Gasteiger partial charge >= 0.3 is 0 Å². The number of fused-ring (bicyclic) bond motifs is 1. The molecule has 0 aromatic heterocycles. The minimum Gasteiger partial charge on any atom is -0.508 e. The molecular formula is C20H19ClO3. The van der Waals surface area contributed by atoms with Crippen LogP contribution in [0.5, 0.6) is 5.75 Å². The number of halogens is 1. The first-order valence-electron chi connectivity index (χ1n) is 7.88. The van der Waals surface area contributed by atoms with Crippen LogP contribution < -0.4 is 0 Å². The number of carbonyl (C=O) groups excluding carboxylic acids is 2. The van der Waals surface area contributed by atoms with Gasteiger partial charge in [0.25, 0.3) is 0 Å². The third-order valence-electron chi connectivity index (χ3n) is 5.33. The number of allylic oxidation sites excluding steroid dienone is 5. The van der Waals surface area contributed by atoms with Crippen LogP contribution in [0.15, 0.2) is 54.2 Å². The molecule has 2 aliphatic rings. The molecule has 0 amide bonds. The lowest BCUT2D eigenvalue weighted by molar-refractivity contribution is -0.137. The Kier molecular flexibility index (Phi) is 4.00. The molecule has 0 bridgehead atoms. The number of rotatable bonds is 2. The number of phenolic OH excluding ortho intramolecular Hbond substituents is 1. The summed E-state index contributed by atoms with van der Waals surface area (Å²) in [5.41, 5.74) is 1.18. The second-order valence-corrected chi connectivity index (χ2v) is 7.08. The van der Waals surface area contributed by atoms with Crippen LogP contribution in [0.2, 0.25) is 5.02 Å². The molecule has 0 spiro atoms. The maximum absolute atomic E-state index is 13.1. The minimum absolute atomic E-state index is 0.0196. The molecule has 1 N–H and O–H groups in total. The Morgan fingerprint density at radius 2 is 2.08 bits per heavy atom. The largest absolute Gasteiger partial charge is 0.508 e. The lowest BCUT2D eigenvalue weighted by Crippen LogP contribution is -2.49. The van der Waals surface area contributed by atoms with Gasteiger partial charge < -0.3 is 5.11 Å². The number of carbonyl (C=O) groups is 2. The van der Waals surface area contributed by atoms with Crippen molar-refractivity contribution in [3.8, 4) is 5.75 Å². The van der Waals surface area contributed by atoms with Crippen molar-refractivity contribution < 1.29 is 14.7 Å². The average molecular weight is 343 g/mol. The highest BCUT2D eigenvalue weighted by Gasteiger charge is 2.55. The van der Waals surface area contributed by atoms with Crippen molar-refractivity contribution in [1.29, 1.82) is 0 Å². The van der Waals surface area contributed by atoms with Crippen molar-refractivity contribution >= 4 is 23.2 Å². The Morgan fingerprint density at radius 3 is 2.71 bits per heavy atom. The molecule has 0 radical (unpaired) electrons. The normalized spacial score (nSPS) is 29.6. The van der Waals surface area contributed by atoms with Gasteiger partial charge in [-0.15, -0.1) is 0 Å². The first kappa shape index (κ1) is 16.7. The van der Waals surface area contributed by atoms with E-state index in [9.17, 15) is 14.7 Å². The minimum atomic E-state index is -0.908. The summed E-state index contributed by atoms with van der Waals surface area (Å²) >= 11 is 6.37. The lowest BCUT2D eigenvalue weighted by atomic mass is 9.53. The van der Waals surface area contributed by atoms with E-state index >= 15 is 0 Å². The molecule has 0 unspecified atom stereocenters. The zero-order chi connectivity index (χ0) is 17.6. The van der Waals surface area contributed by atoms with Gasteiger partial charge in [-0.3, -0.25) is 9.59 Å². The number of phenols is 1. The molecule has 3 nitrogen and oxygen atoms in total. The molecule has 0 heterocycles. The van der Waals surface area contributed by atoms with E-state index < -0.39 is 11.3 Å². The second-order valence-electron chi connectivity index (χ2n) is 6.68. The van der Waals surface area contributed by atoms with Gasteiger partial charge in [0.1, 0.15) is 5.75 Å². The van der Waals surface area contributed by atoms with E-state index in [0.29, 0.717) is 17.0 Å². The van der Waals surface area contributed by atoms with Crippen LogP contribution >= 0.6 is 11.6 Å². The standard InChI is InChI=1S/C20H19ClO3/c1-4-12-5-8-15-17(23)9-11(2)19(24)20(15,3)18(12)14-7-6-13(22)10-16(14)21/h4-7,9-10,15,18,22H,1,8H2,2-3H3/t15-,18+,20+/m0/s1. The molecule has 124 valence electrons. The fourth-order valence-electron chi connectivity index (χ4n) is 4.12. The quantitative estimate of drug-likeness (QED) is 0.868. The number of Topliss-reactive ketones (excluding diaryl/α,β-unsaturated/α-hetero) is 1. The van der Waals surface area contributed by atoms with E-state index in [2.05, 4.69) is 6.58 Å². The van der Waals surface area contributed by atoms with Crippen molar-refractivity contribution in [3.05, 3.63) is 64.7 Å². The topological polar surface area (TPSA) is 54.4 Å². The van der Waals surface area contributed by atoms with Crippen molar-refractivity contribution in [2.45, 2.75) is 26.2 Å². The van der Waals surface area contributed by atoms with E-state index in [-0.39, 0.29) is 23.2 Å². The third-order valence-corrected chi connectivity index (χ3v) is 5.65. The molecule has 0 saturated carbocycles. The maximum Gasteiger partial charge on any atom is 0.166 e. The third kappa shape index (κ3) is 2.27. The lowest BCUT2D eigenvalue weighted by Gasteiger charge is -2.47. The number of hydrogen-bond donors (Lipinski definition) is 1. The number of hydrogen-bond acceptors (Lipinski definition) is 3. The molecule has 2 aliphatic carbocycles. The van der Waals surface area contributed by atoms with Gasteiger partial charge in [-0.25, -0.2) is 0 Å². The van der Waals surface area contributed by atoms with Gasteiger partial charge in [0.05, 0.1) is 5.41 Å². The van der Waals surface area contributed by atoms with E-state index in [1.807, 2.05) is 13.0 Å². The highest BCUT2D eigenvalue weighted by Crippen LogP contribution is 2.56. The predicted octanol–water partition coefficient (Wildman–Crippen LogP) is 4.37. The fourth-order valence-corrected chi connectivity index (χ4v) is 4.41. The molecule has 0 fully saturated rings. The van der Waals surface area contributed by atoms with Crippen LogP contribution in [0.25, 0.3) is 0 Å². The van der Waals surface area contributed by atoms with Gasteiger partial charge in [0.15, 0.2) is 11.6 Å². The SMILES string of the molecule is C=CC1=CC[C@H]2C(=O)C=C(C)C(=O)[C@@]2(C)[C@H]1c1ccc(O)cc1Cl. The van der Waals surface area contributed by atoms with E-state index in [4.69, 9.17) is 11.6 Å². The molecule has 1 aromatic rings. The summed E-state index contributed by atoms with van der Waals surface area (Å²) in [6, 6.07) is 4.73. The van der Waals surface area contributed by atoms with Gasteiger partial charge in [-0.1, -0.05) is 43.3 Å². The zero-order valence-corrected chi connectivity index (χ0v) is 14.4. The van der Waals surface area contributed by atoms with Gasteiger partial charge in [0.2, 0.25) is 0 Å². The molecule has 3 atom stereocenters. The van der Waals surface area contributed by atoms with Gasteiger partial charge in [-0.2, -0.15) is 0 Å². The van der Waals surface area contributed by atoms with Crippen LogP contribution in [0.3, 0.4) is 0 Å². The zero-order valence-electron chi connectivity index (χ0n) is 13.7. The Morgan fingerprint density at radius 1 is 1.38 bits per heavy atom. The maximum atomic E-state index is 13.1. The van der Waals surface area contributed by atoms with Crippen LogP contribution in [-0.4, -0.2) is 16.7 Å². The summed E-state index contributed by atoms with van der Waals surface area (Å²) in [7, 11) is 0. The average Bonchev–Trinajstić information content (AvgIpc) is 2.53. The monoisotopic (exact) mass is 342 g/mol. The van der Waals surface area contributed by atoms with Crippen LogP contribution in [0, 0.1) is 11.3 Å². The van der Waals surface area contributed by atoms with Gasteiger partial charge in [0, 0.05) is 16.9 Å². The van der Waals surface area contributed by atoms with Crippen molar-refractivity contribution in [2.75, 3.05) is 0 Å². The van der Waals surface area contributed by atoms with Crippen molar-refractivity contribution in [1.82, 2.24) is 0 Å². The van der Waals surface area contributed by atoms with E-state index in [1.54, 1.807) is 25.1 Å². The molecule has 3 rings (SSSR count). The number of benzene rings is 1. The van der Waals surface area contributed by atoms with Gasteiger partial charge in [-0.05, 0) is 48.3 Å². The Hall–Kier alpha value is -2.13. The van der Waals surface area contributed by atoms with E-state index in [0.717, 1.165) is 11.1 Å². The summed E-state index contributed by atoms with van der Waals surface area (Å²) in [6.07, 6.45) is 5.66. The highest BCUT2D eigenvalue weighted by molar-refractivity contribution is 6.31. The first-order chi connectivity index (χ1) is 11.3. The predicted molar refractivity (Wildman–Crippen MR) is 94.1 cm³/mol. The highest BCUT2D eigenvalue weighted by atomic mass is 35.5. The van der Waals surface area contributed by atoms with Crippen LogP contribution in [-0.2, 0) is 9.59 Å². The second kappa shape index (κ2) is 5.75. The van der Waals surface area contributed by atoms with Crippen molar-refractivity contribution in [3.63, 3.8) is 0 Å². The first-order valence-corrected chi connectivity index (χ1v) is 8.26. The summed E-state index contributed by atoms with van der Waals surface area (Å²) in [5.74, 6) is -0.774. The molecule has 24 heavy (non-hydrogen) atoms. The van der Waals surface area contributed by atoms with Crippen LogP contribution in [0.4, 0.5) is 0 Å². The van der Waals surface area contributed by atoms with Crippen molar-refractivity contribution in [2.24, 2.45) is 11.3 Å². The summed E-state index contributed by atoms with van der Waals surface area (Å²) in [6.45, 7) is 7.40. The number of ketones is 2. The Labute approximate surface area is 146 Å².